The van der Waals surface area contributed by atoms with Gasteiger partial charge in [-0.05, 0) is 38.3 Å². The number of nitrogen functional groups attached to an aromatic ring is 1. The van der Waals surface area contributed by atoms with Gasteiger partial charge >= 0.3 is 0 Å². The second-order valence-electron chi connectivity index (χ2n) is 6.63. The van der Waals surface area contributed by atoms with E-state index in [0.29, 0.717) is 5.82 Å². The summed E-state index contributed by atoms with van der Waals surface area (Å²) in [6.45, 7) is 7.08. The third kappa shape index (κ3) is 2.64. The molecule has 3 aromatic rings. The number of hydrogen-bond donors (Lipinski definition) is 2. The SMILES string of the molecule is CCCn1cc2c(n1)c(N)nc1cccc(CC(C)(C)N)c12. The van der Waals surface area contributed by atoms with Gasteiger partial charge in [-0.2, -0.15) is 5.10 Å². The Balaban J connectivity index is 2.31. The maximum absolute atomic E-state index is 6.22. The molecule has 5 heteroatoms. The zero-order chi connectivity index (χ0) is 15.9. The van der Waals surface area contributed by atoms with Gasteiger partial charge in [-0.1, -0.05) is 19.1 Å². The van der Waals surface area contributed by atoms with Crippen molar-refractivity contribution in [1.82, 2.24) is 14.8 Å². The van der Waals surface area contributed by atoms with Crippen LogP contribution in [0, 0.1) is 0 Å². The predicted octanol–water partition coefficient (Wildman–Crippen LogP) is 2.86. The van der Waals surface area contributed by atoms with Crippen LogP contribution in [0.2, 0.25) is 0 Å². The maximum Gasteiger partial charge on any atom is 0.152 e. The van der Waals surface area contributed by atoms with Gasteiger partial charge in [0.05, 0.1) is 5.52 Å². The van der Waals surface area contributed by atoms with Gasteiger partial charge < -0.3 is 11.5 Å². The number of aromatic nitrogens is 3. The van der Waals surface area contributed by atoms with Crippen LogP contribution in [0.25, 0.3) is 21.8 Å². The molecule has 0 aliphatic rings. The molecule has 0 fully saturated rings. The molecule has 0 spiro atoms. The minimum absolute atomic E-state index is 0.276. The average Bonchev–Trinajstić information content (AvgIpc) is 2.81. The summed E-state index contributed by atoms with van der Waals surface area (Å²) in [6.07, 6.45) is 3.89. The second-order valence-corrected chi connectivity index (χ2v) is 6.63. The van der Waals surface area contributed by atoms with Crippen molar-refractivity contribution in [3.05, 3.63) is 30.0 Å². The number of nitrogens with zero attached hydrogens (tertiary/aromatic N) is 3. The lowest BCUT2D eigenvalue weighted by Crippen LogP contribution is -2.34. The molecule has 0 amide bonds. The maximum atomic E-state index is 6.22. The molecule has 1 aromatic carbocycles. The number of pyridine rings is 1. The minimum atomic E-state index is -0.276. The minimum Gasteiger partial charge on any atom is -0.382 e. The van der Waals surface area contributed by atoms with Gasteiger partial charge in [0.25, 0.3) is 0 Å². The summed E-state index contributed by atoms with van der Waals surface area (Å²) >= 11 is 0. The lowest BCUT2D eigenvalue weighted by Gasteiger charge is -2.19. The molecule has 0 saturated heterocycles. The topological polar surface area (TPSA) is 82.8 Å². The molecule has 2 heterocycles. The Hall–Kier alpha value is -2.14. The smallest absolute Gasteiger partial charge is 0.152 e. The van der Waals surface area contributed by atoms with Crippen molar-refractivity contribution < 1.29 is 0 Å². The summed E-state index contributed by atoms with van der Waals surface area (Å²) in [7, 11) is 0. The highest BCUT2D eigenvalue weighted by atomic mass is 15.3. The zero-order valence-corrected chi connectivity index (χ0v) is 13.4. The summed E-state index contributed by atoms with van der Waals surface area (Å²) in [5, 5.41) is 6.77. The van der Waals surface area contributed by atoms with Crippen LogP contribution in [-0.4, -0.2) is 20.3 Å². The van der Waals surface area contributed by atoms with Gasteiger partial charge in [0, 0.05) is 29.1 Å². The van der Waals surface area contributed by atoms with E-state index in [1.807, 2.05) is 30.7 Å². The first-order valence-electron chi connectivity index (χ1n) is 7.72. The molecule has 0 bridgehead atoms. The normalized spacial score (nSPS) is 12.4. The Kier molecular flexibility index (Phi) is 3.53. The Morgan fingerprint density at radius 1 is 1.27 bits per heavy atom. The van der Waals surface area contributed by atoms with Crippen molar-refractivity contribution >= 4 is 27.6 Å². The van der Waals surface area contributed by atoms with Crippen molar-refractivity contribution in [2.75, 3.05) is 5.73 Å². The fourth-order valence-electron chi connectivity index (χ4n) is 2.95. The molecule has 0 unspecified atom stereocenters. The molecule has 22 heavy (non-hydrogen) atoms. The summed E-state index contributed by atoms with van der Waals surface area (Å²) in [6, 6.07) is 6.12. The predicted molar refractivity (Wildman–Crippen MR) is 91.7 cm³/mol. The van der Waals surface area contributed by atoms with E-state index in [0.717, 1.165) is 41.2 Å². The van der Waals surface area contributed by atoms with Crippen LogP contribution in [0.3, 0.4) is 0 Å². The van der Waals surface area contributed by atoms with Crippen LogP contribution in [0.1, 0.15) is 32.8 Å². The van der Waals surface area contributed by atoms with Gasteiger partial charge in [0.1, 0.15) is 5.52 Å². The number of fused-ring (bicyclic) bond motifs is 3. The largest absolute Gasteiger partial charge is 0.382 e. The van der Waals surface area contributed by atoms with E-state index >= 15 is 0 Å². The molecular weight excluding hydrogens is 274 g/mol. The van der Waals surface area contributed by atoms with Crippen LogP contribution >= 0.6 is 0 Å². The fraction of sp³-hybridized carbons (Fsp3) is 0.412. The Morgan fingerprint density at radius 3 is 2.73 bits per heavy atom. The van der Waals surface area contributed by atoms with Gasteiger partial charge in [-0.15, -0.1) is 0 Å². The third-order valence-electron chi connectivity index (χ3n) is 3.74. The third-order valence-corrected chi connectivity index (χ3v) is 3.74. The first kappa shape index (κ1) is 14.8. The average molecular weight is 297 g/mol. The van der Waals surface area contributed by atoms with Crippen LogP contribution in [0.5, 0.6) is 0 Å². The molecule has 0 aliphatic heterocycles. The molecule has 2 aromatic heterocycles. The number of aryl methyl sites for hydroxylation is 1. The van der Waals surface area contributed by atoms with Crippen molar-refractivity contribution in [3.8, 4) is 0 Å². The van der Waals surface area contributed by atoms with E-state index in [2.05, 4.69) is 29.3 Å². The molecule has 0 radical (unpaired) electrons. The van der Waals surface area contributed by atoms with E-state index in [-0.39, 0.29) is 5.54 Å². The highest BCUT2D eigenvalue weighted by Gasteiger charge is 2.18. The monoisotopic (exact) mass is 297 g/mol. The quantitative estimate of drug-likeness (QED) is 0.775. The lowest BCUT2D eigenvalue weighted by atomic mass is 9.92. The highest BCUT2D eigenvalue weighted by molar-refractivity contribution is 6.09. The van der Waals surface area contributed by atoms with Crippen molar-refractivity contribution in [3.63, 3.8) is 0 Å². The van der Waals surface area contributed by atoms with Crippen LogP contribution in [0.15, 0.2) is 24.4 Å². The second kappa shape index (κ2) is 5.25. The van der Waals surface area contributed by atoms with E-state index in [1.54, 1.807) is 0 Å². The zero-order valence-electron chi connectivity index (χ0n) is 13.4. The summed E-state index contributed by atoms with van der Waals surface area (Å²) in [5.41, 5.74) is 14.9. The van der Waals surface area contributed by atoms with Crippen LogP contribution in [0.4, 0.5) is 5.82 Å². The fourth-order valence-corrected chi connectivity index (χ4v) is 2.95. The molecule has 3 rings (SSSR count). The number of anilines is 1. The van der Waals surface area contributed by atoms with Gasteiger partial charge in [0.2, 0.25) is 0 Å². The van der Waals surface area contributed by atoms with Gasteiger partial charge in [-0.25, -0.2) is 4.98 Å². The molecule has 0 atom stereocenters. The number of hydrogen-bond acceptors (Lipinski definition) is 4. The van der Waals surface area contributed by atoms with E-state index < -0.39 is 0 Å². The molecule has 116 valence electrons. The first-order valence-corrected chi connectivity index (χ1v) is 7.72. The molecule has 0 aliphatic carbocycles. The molecular formula is C17H23N5. The van der Waals surface area contributed by atoms with Crippen molar-refractivity contribution in [2.45, 2.75) is 45.7 Å². The van der Waals surface area contributed by atoms with Crippen LogP contribution < -0.4 is 11.5 Å². The standard InChI is InChI=1S/C17H23N5/c1-4-8-22-10-12-14-11(9-17(2,3)19)6-5-7-13(14)20-16(18)15(12)21-22/h5-7,10H,4,8-9,19H2,1-3H3,(H2,18,20). The summed E-state index contributed by atoms with van der Waals surface area (Å²) in [5.74, 6) is 0.488. The van der Waals surface area contributed by atoms with Gasteiger partial charge in [0.15, 0.2) is 5.82 Å². The number of benzene rings is 1. The van der Waals surface area contributed by atoms with Gasteiger partial charge in [-0.3, -0.25) is 4.68 Å². The number of rotatable bonds is 4. The Morgan fingerprint density at radius 2 is 2.05 bits per heavy atom. The summed E-state index contributed by atoms with van der Waals surface area (Å²) < 4.78 is 1.95. The molecule has 5 nitrogen and oxygen atoms in total. The highest BCUT2D eigenvalue weighted by Crippen LogP contribution is 2.31. The number of nitrogens with two attached hydrogens (primary N) is 2. The van der Waals surface area contributed by atoms with E-state index in [9.17, 15) is 0 Å². The lowest BCUT2D eigenvalue weighted by molar-refractivity contribution is 0.518. The Bertz CT molecular complexity index is 826. The van der Waals surface area contributed by atoms with E-state index in [4.69, 9.17) is 11.5 Å². The van der Waals surface area contributed by atoms with Crippen LogP contribution in [-0.2, 0) is 13.0 Å². The molecule has 0 saturated carbocycles. The Labute approximate surface area is 130 Å². The van der Waals surface area contributed by atoms with Crippen molar-refractivity contribution in [1.29, 1.82) is 0 Å². The first-order chi connectivity index (χ1) is 10.4. The molecule has 4 N–H and O–H groups in total. The van der Waals surface area contributed by atoms with Crippen molar-refractivity contribution in [2.24, 2.45) is 5.73 Å². The van der Waals surface area contributed by atoms with E-state index in [1.165, 1.54) is 5.56 Å². The summed E-state index contributed by atoms with van der Waals surface area (Å²) in [4.78, 5) is 4.53.